The van der Waals surface area contributed by atoms with Crippen LogP contribution in [0.25, 0.3) is 11.5 Å². The van der Waals surface area contributed by atoms with Crippen LogP contribution in [0.1, 0.15) is 11.9 Å². The first-order chi connectivity index (χ1) is 8.11. The molecule has 2 aromatic rings. The van der Waals surface area contributed by atoms with Gasteiger partial charge in [0.25, 0.3) is 5.89 Å². The van der Waals surface area contributed by atoms with Gasteiger partial charge in [0.15, 0.2) is 5.82 Å². The number of aromatic nitrogens is 2. The Hall–Kier alpha value is -0.950. The van der Waals surface area contributed by atoms with Crippen molar-refractivity contribution in [2.75, 3.05) is 6.61 Å². The van der Waals surface area contributed by atoms with E-state index in [1.54, 1.807) is 12.1 Å². The summed E-state index contributed by atoms with van der Waals surface area (Å²) in [5.74, 6) is 0.522. The van der Waals surface area contributed by atoms with E-state index in [1.807, 2.05) is 6.07 Å². The molecule has 1 aromatic carbocycles. The molecule has 17 heavy (non-hydrogen) atoms. The smallest absolute Gasteiger partial charge is 0.259 e. The third-order valence-electron chi connectivity index (χ3n) is 2.13. The van der Waals surface area contributed by atoms with E-state index >= 15 is 0 Å². The Morgan fingerprint density at radius 1 is 1.53 bits per heavy atom. The van der Waals surface area contributed by atoms with E-state index in [1.165, 1.54) is 0 Å². The zero-order valence-corrected chi connectivity index (χ0v) is 10.9. The summed E-state index contributed by atoms with van der Waals surface area (Å²) in [7, 11) is 0. The number of aliphatic hydroxyl groups excluding tert-OH is 1. The maximum atomic E-state index is 8.89. The number of benzene rings is 1. The predicted octanol–water partition coefficient (Wildman–Crippen LogP) is 2.14. The summed E-state index contributed by atoms with van der Waals surface area (Å²) in [6, 6.07) is 4.64. The molecule has 0 fully saturated rings. The van der Waals surface area contributed by atoms with E-state index in [2.05, 4.69) is 26.1 Å². The van der Waals surface area contributed by atoms with Crippen LogP contribution >= 0.6 is 27.5 Å². The number of hydrogen-bond acceptors (Lipinski definition) is 5. The van der Waals surface area contributed by atoms with Gasteiger partial charge in [-0.05, 0) is 18.2 Å². The van der Waals surface area contributed by atoms with Gasteiger partial charge < -0.3 is 15.4 Å². The van der Waals surface area contributed by atoms with E-state index in [0.717, 1.165) is 4.47 Å². The lowest BCUT2D eigenvalue weighted by Crippen LogP contribution is -2.15. The van der Waals surface area contributed by atoms with Gasteiger partial charge in [-0.25, -0.2) is 0 Å². The minimum atomic E-state index is -0.654. The Morgan fingerprint density at radius 2 is 2.29 bits per heavy atom. The van der Waals surface area contributed by atoms with Crippen LogP contribution in [0.4, 0.5) is 0 Å². The summed E-state index contributed by atoms with van der Waals surface area (Å²) in [5, 5.41) is 13.1. The van der Waals surface area contributed by atoms with Crippen molar-refractivity contribution < 1.29 is 9.63 Å². The molecule has 0 aliphatic carbocycles. The van der Waals surface area contributed by atoms with Gasteiger partial charge in [-0.15, -0.1) is 0 Å². The third-order valence-corrected chi connectivity index (χ3v) is 2.95. The number of rotatable bonds is 3. The molecule has 0 saturated carbocycles. The van der Waals surface area contributed by atoms with Crippen molar-refractivity contribution in [1.29, 1.82) is 0 Å². The first kappa shape index (κ1) is 12.5. The highest BCUT2D eigenvalue weighted by Crippen LogP contribution is 2.29. The number of halogens is 2. The Balaban J connectivity index is 2.40. The summed E-state index contributed by atoms with van der Waals surface area (Å²) in [4.78, 5) is 4.09. The largest absolute Gasteiger partial charge is 0.394 e. The van der Waals surface area contributed by atoms with Crippen LogP contribution in [0.2, 0.25) is 5.02 Å². The van der Waals surface area contributed by atoms with Crippen molar-refractivity contribution in [2.45, 2.75) is 6.04 Å². The molecule has 1 heterocycles. The number of hydrogen-bond donors (Lipinski definition) is 2. The molecule has 0 amide bonds. The van der Waals surface area contributed by atoms with E-state index in [4.69, 9.17) is 27.0 Å². The molecule has 0 aliphatic rings. The Labute approximate surface area is 111 Å². The van der Waals surface area contributed by atoms with Gasteiger partial charge in [0.1, 0.15) is 0 Å². The Kier molecular flexibility index (Phi) is 3.78. The summed E-state index contributed by atoms with van der Waals surface area (Å²) in [6.07, 6.45) is 0. The molecule has 1 atom stereocenters. The van der Waals surface area contributed by atoms with Crippen molar-refractivity contribution >= 4 is 27.5 Å². The highest BCUT2D eigenvalue weighted by atomic mass is 79.9. The second-order valence-electron chi connectivity index (χ2n) is 3.37. The van der Waals surface area contributed by atoms with E-state index in [9.17, 15) is 0 Å². The molecule has 0 bridgehead atoms. The molecule has 1 unspecified atom stereocenters. The Bertz CT molecular complexity index is 532. The zero-order valence-electron chi connectivity index (χ0n) is 8.60. The minimum absolute atomic E-state index is 0.245. The van der Waals surface area contributed by atoms with Crippen LogP contribution in [-0.2, 0) is 0 Å². The molecule has 0 saturated heterocycles. The van der Waals surface area contributed by atoms with Gasteiger partial charge in [-0.2, -0.15) is 4.98 Å². The standard InChI is InChI=1S/C10H9BrClN3O2/c11-5-1-2-7(12)6(3-5)10-14-9(15-17-10)8(13)4-16/h1-3,8,16H,4,13H2. The normalized spacial score (nSPS) is 12.7. The summed E-state index contributed by atoms with van der Waals surface area (Å²) < 4.78 is 5.90. The van der Waals surface area contributed by atoms with Crippen LogP contribution in [-0.4, -0.2) is 21.9 Å². The van der Waals surface area contributed by atoms with Crippen LogP contribution in [0.3, 0.4) is 0 Å². The van der Waals surface area contributed by atoms with Gasteiger partial charge in [0, 0.05) is 4.47 Å². The average Bonchev–Trinajstić information content (AvgIpc) is 2.80. The molecule has 0 radical (unpaired) electrons. The number of nitrogens with zero attached hydrogens (tertiary/aromatic N) is 2. The molecule has 3 N–H and O–H groups in total. The molecular formula is C10H9BrClN3O2. The second-order valence-corrected chi connectivity index (χ2v) is 4.69. The van der Waals surface area contributed by atoms with Gasteiger partial charge in [0.05, 0.1) is 23.2 Å². The third kappa shape index (κ3) is 2.66. The summed E-state index contributed by atoms with van der Waals surface area (Å²) in [6.45, 7) is -0.245. The second kappa shape index (κ2) is 5.14. The van der Waals surface area contributed by atoms with E-state index < -0.39 is 6.04 Å². The maximum absolute atomic E-state index is 8.89. The lowest BCUT2D eigenvalue weighted by molar-refractivity contribution is 0.260. The van der Waals surface area contributed by atoms with Crippen molar-refractivity contribution in [3.63, 3.8) is 0 Å². The van der Waals surface area contributed by atoms with Crippen molar-refractivity contribution in [3.8, 4) is 11.5 Å². The van der Waals surface area contributed by atoms with Gasteiger partial charge >= 0.3 is 0 Å². The maximum Gasteiger partial charge on any atom is 0.259 e. The van der Waals surface area contributed by atoms with Gasteiger partial charge in [-0.3, -0.25) is 0 Å². The first-order valence-electron chi connectivity index (χ1n) is 4.77. The average molecular weight is 319 g/mol. The highest BCUT2D eigenvalue weighted by molar-refractivity contribution is 9.10. The van der Waals surface area contributed by atoms with E-state index in [-0.39, 0.29) is 18.3 Å². The fourth-order valence-electron chi connectivity index (χ4n) is 1.24. The van der Waals surface area contributed by atoms with Crippen molar-refractivity contribution in [2.24, 2.45) is 5.73 Å². The zero-order chi connectivity index (χ0) is 12.4. The van der Waals surface area contributed by atoms with E-state index in [0.29, 0.717) is 10.6 Å². The molecule has 7 heteroatoms. The fourth-order valence-corrected chi connectivity index (χ4v) is 1.80. The molecule has 0 spiro atoms. The summed E-state index contributed by atoms with van der Waals surface area (Å²) >= 11 is 9.35. The predicted molar refractivity (Wildman–Crippen MR) is 66.5 cm³/mol. The molecule has 5 nitrogen and oxygen atoms in total. The molecule has 1 aromatic heterocycles. The fraction of sp³-hybridized carbons (Fsp3) is 0.200. The van der Waals surface area contributed by atoms with Crippen LogP contribution in [0, 0.1) is 0 Å². The monoisotopic (exact) mass is 317 g/mol. The Morgan fingerprint density at radius 3 is 3.00 bits per heavy atom. The van der Waals surface area contributed by atoms with Crippen LogP contribution < -0.4 is 5.73 Å². The SMILES string of the molecule is NC(CO)c1noc(-c2cc(Br)ccc2Cl)n1. The minimum Gasteiger partial charge on any atom is -0.394 e. The molecule has 2 rings (SSSR count). The quantitative estimate of drug-likeness (QED) is 0.905. The van der Waals surface area contributed by atoms with Gasteiger partial charge in [-0.1, -0.05) is 32.7 Å². The lowest BCUT2D eigenvalue weighted by atomic mass is 10.2. The van der Waals surface area contributed by atoms with Crippen molar-refractivity contribution in [1.82, 2.24) is 10.1 Å². The highest BCUT2D eigenvalue weighted by Gasteiger charge is 2.16. The lowest BCUT2D eigenvalue weighted by Gasteiger charge is -2.00. The number of aliphatic hydroxyl groups is 1. The van der Waals surface area contributed by atoms with Gasteiger partial charge in [0.2, 0.25) is 0 Å². The molecular weight excluding hydrogens is 309 g/mol. The molecule has 0 aliphatic heterocycles. The van der Waals surface area contributed by atoms with Crippen molar-refractivity contribution in [3.05, 3.63) is 33.5 Å². The summed E-state index contributed by atoms with van der Waals surface area (Å²) in [5.41, 5.74) is 6.19. The topological polar surface area (TPSA) is 85.2 Å². The number of nitrogens with two attached hydrogens (primary N) is 1. The van der Waals surface area contributed by atoms with Crippen LogP contribution in [0.15, 0.2) is 27.2 Å². The first-order valence-corrected chi connectivity index (χ1v) is 5.94. The molecule has 90 valence electrons. The van der Waals surface area contributed by atoms with Crippen LogP contribution in [0.5, 0.6) is 0 Å².